The molecule has 0 radical (unpaired) electrons. The van der Waals surface area contributed by atoms with E-state index in [0.717, 1.165) is 0 Å². The summed E-state index contributed by atoms with van der Waals surface area (Å²) in [4.78, 5) is 9.68. The lowest BCUT2D eigenvalue weighted by molar-refractivity contribution is -0.128. The first-order chi connectivity index (χ1) is 4.93. The summed E-state index contributed by atoms with van der Waals surface area (Å²) in [6.45, 7) is 1.43. The molecule has 0 spiro atoms. The Bertz CT molecular complexity index is 184. The van der Waals surface area contributed by atoms with Gasteiger partial charge >= 0.3 is 0 Å². The molecular weight excluding hydrogens is 132 g/mol. The van der Waals surface area contributed by atoms with E-state index >= 15 is 0 Å². The number of carbonyl (C=O) groups excluding carboxylic acids is 1. The second-order valence-corrected chi connectivity index (χ2v) is 1.74. The van der Waals surface area contributed by atoms with Gasteiger partial charge in [-0.15, -0.1) is 0 Å². The Morgan fingerprint density at radius 2 is 2.60 bits per heavy atom. The predicted molar refractivity (Wildman–Crippen MR) is 34.2 cm³/mol. The average molecular weight is 140 g/mol. The minimum absolute atomic E-state index is 0.380. The van der Waals surface area contributed by atoms with Crippen molar-refractivity contribution < 1.29 is 9.53 Å². The normalized spacial score (nSPS) is 9.20. The van der Waals surface area contributed by atoms with E-state index < -0.39 is 0 Å². The van der Waals surface area contributed by atoms with Crippen LogP contribution in [-0.2, 0) is 16.1 Å². The number of ether oxygens (including phenoxy) is 1. The second-order valence-electron chi connectivity index (χ2n) is 1.74. The van der Waals surface area contributed by atoms with Crippen LogP contribution >= 0.6 is 0 Å². The van der Waals surface area contributed by atoms with Crippen molar-refractivity contribution in [3.63, 3.8) is 0 Å². The van der Waals surface area contributed by atoms with Gasteiger partial charge in [0.2, 0.25) is 0 Å². The quantitative estimate of drug-likeness (QED) is 0.438. The van der Waals surface area contributed by atoms with Crippen LogP contribution in [0.1, 0.15) is 0 Å². The molecule has 0 bridgehead atoms. The Balaban J connectivity index is 2.21. The van der Waals surface area contributed by atoms with Crippen molar-refractivity contribution in [3.8, 4) is 0 Å². The summed E-state index contributed by atoms with van der Waals surface area (Å²) in [5.41, 5.74) is 0. The van der Waals surface area contributed by atoms with E-state index in [0.29, 0.717) is 19.6 Å². The summed E-state index contributed by atoms with van der Waals surface area (Å²) in [7, 11) is 0. The van der Waals surface area contributed by atoms with Gasteiger partial charge in [-0.25, -0.2) is 0 Å². The summed E-state index contributed by atoms with van der Waals surface area (Å²) in [6.07, 6.45) is 3.50. The number of hydrogen-bond donors (Lipinski definition) is 0. The van der Waals surface area contributed by atoms with Gasteiger partial charge in [0, 0.05) is 12.4 Å². The monoisotopic (exact) mass is 140 g/mol. The van der Waals surface area contributed by atoms with Crippen LogP contribution in [0.2, 0.25) is 0 Å². The van der Waals surface area contributed by atoms with Crippen LogP contribution in [0.15, 0.2) is 18.5 Å². The Morgan fingerprint density at radius 1 is 1.70 bits per heavy atom. The van der Waals surface area contributed by atoms with Crippen molar-refractivity contribution in [2.45, 2.75) is 6.54 Å². The first-order valence-electron chi connectivity index (χ1n) is 2.96. The molecule has 0 N–H and O–H groups in total. The molecule has 1 heterocycles. The molecule has 10 heavy (non-hydrogen) atoms. The van der Waals surface area contributed by atoms with E-state index in [2.05, 4.69) is 9.84 Å². The molecule has 0 aliphatic heterocycles. The van der Waals surface area contributed by atoms with Crippen LogP contribution < -0.4 is 0 Å². The van der Waals surface area contributed by atoms with Crippen LogP contribution in [0, 0.1) is 0 Å². The molecule has 0 saturated heterocycles. The fraction of sp³-hybridized carbons (Fsp3) is 0.333. The molecule has 0 amide bonds. The molecule has 0 saturated carbocycles. The number of nitrogens with zero attached hydrogens (tertiary/aromatic N) is 2. The summed E-state index contributed by atoms with van der Waals surface area (Å²) in [6, 6.07) is 1.82. The Kier molecular flexibility index (Phi) is 2.49. The van der Waals surface area contributed by atoms with Crippen molar-refractivity contribution >= 4 is 6.47 Å². The Hall–Kier alpha value is -1.32. The van der Waals surface area contributed by atoms with Crippen molar-refractivity contribution in [2.24, 2.45) is 0 Å². The molecule has 0 unspecified atom stereocenters. The van der Waals surface area contributed by atoms with E-state index in [1.165, 1.54) is 0 Å². The van der Waals surface area contributed by atoms with E-state index in [9.17, 15) is 4.79 Å². The molecule has 0 atom stereocenters. The fourth-order valence-corrected chi connectivity index (χ4v) is 0.627. The maximum atomic E-state index is 9.68. The van der Waals surface area contributed by atoms with Crippen molar-refractivity contribution in [1.82, 2.24) is 9.78 Å². The summed E-state index contributed by atoms with van der Waals surface area (Å²) < 4.78 is 6.16. The zero-order valence-electron chi connectivity index (χ0n) is 5.43. The van der Waals surface area contributed by atoms with Gasteiger partial charge < -0.3 is 4.74 Å². The highest BCUT2D eigenvalue weighted by Crippen LogP contribution is 1.83. The van der Waals surface area contributed by atoms with Gasteiger partial charge in [-0.3, -0.25) is 9.48 Å². The lowest BCUT2D eigenvalue weighted by Crippen LogP contribution is -2.04. The summed E-state index contributed by atoms with van der Waals surface area (Å²) in [5, 5.41) is 3.91. The first kappa shape index (κ1) is 6.80. The summed E-state index contributed by atoms with van der Waals surface area (Å²) in [5.74, 6) is 0. The van der Waals surface area contributed by atoms with E-state index in [4.69, 9.17) is 0 Å². The zero-order valence-corrected chi connectivity index (χ0v) is 5.43. The average Bonchev–Trinajstić information content (AvgIpc) is 2.41. The van der Waals surface area contributed by atoms with Gasteiger partial charge in [0.15, 0.2) is 0 Å². The minimum Gasteiger partial charge on any atom is -0.466 e. The minimum atomic E-state index is 0.380. The molecule has 4 nitrogen and oxygen atoms in total. The van der Waals surface area contributed by atoms with Gasteiger partial charge in [-0.1, -0.05) is 0 Å². The lowest BCUT2D eigenvalue weighted by atomic mass is 10.7. The second kappa shape index (κ2) is 3.66. The van der Waals surface area contributed by atoms with Crippen molar-refractivity contribution in [1.29, 1.82) is 0 Å². The van der Waals surface area contributed by atoms with Gasteiger partial charge in [0.25, 0.3) is 6.47 Å². The van der Waals surface area contributed by atoms with Gasteiger partial charge in [0.1, 0.15) is 6.61 Å². The topological polar surface area (TPSA) is 44.1 Å². The lowest BCUT2D eigenvalue weighted by Gasteiger charge is -1.97. The SMILES string of the molecule is O=COCCn1cccn1. The van der Waals surface area contributed by atoms with Gasteiger partial charge in [-0.05, 0) is 6.07 Å². The molecule has 4 heteroatoms. The number of aromatic nitrogens is 2. The van der Waals surface area contributed by atoms with Crippen LogP contribution in [0.3, 0.4) is 0 Å². The molecule has 1 rings (SSSR count). The van der Waals surface area contributed by atoms with E-state index in [1.807, 2.05) is 12.3 Å². The van der Waals surface area contributed by atoms with Crippen LogP contribution in [0.4, 0.5) is 0 Å². The van der Waals surface area contributed by atoms with Crippen molar-refractivity contribution in [2.75, 3.05) is 6.61 Å². The highest BCUT2D eigenvalue weighted by Gasteiger charge is 1.87. The van der Waals surface area contributed by atoms with Crippen LogP contribution in [0.5, 0.6) is 0 Å². The fourth-order valence-electron chi connectivity index (χ4n) is 0.627. The first-order valence-corrected chi connectivity index (χ1v) is 2.96. The number of hydrogen-bond acceptors (Lipinski definition) is 3. The molecule has 0 aromatic carbocycles. The number of carbonyl (C=O) groups is 1. The van der Waals surface area contributed by atoms with Gasteiger partial charge in [0.05, 0.1) is 6.54 Å². The van der Waals surface area contributed by atoms with Crippen molar-refractivity contribution in [3.05, 3.63) is 18.5 Å². The zero-order chi connectivity index (χ0) is 7.23. The van der Waals surface area contributed by atoms with E-state index in [-0.39, 0.29) is 0 Å². The Labute approximate surface area is 58.4 Å². The predicted octanol–water partition coefficient (Wildman–Crippen LogP) is 0.0561. The Morgan fingerprint density at radius 3 is 3.20 bits per heavy atom. The molecule has 54 valence electrons. The third-order valence-corrected chi connectivity index (χ3v) is 1.07. The third kappa shape index (κ3) is 1.89. The highest BCUT2D eigenvalue weighted by atomic mass is 16.5. The largest absolute Gasteiger partial charge is 0.466 e. The van der Waals surface area contributed by atoms with E-state index in [1.54, 1.807) is 10.9 Å². The summed E-state index contributed by atoms with van der Waals surface area (Å²) >= 11 is 0. The van der Waals surface area contributed by atoms with Crippen LogP contribution in [-0.4, -0.2) is 22.9 Å². The molecule has 1 aromatic rings. The molecule has 0 aliphatic rings. The smallest absolute Gasteiger partial charge is 0.293 e. The maximum Gasteiger partial charge on any atom is 0.293 e. The molecule has 0 aliphatic carbocycles. The molecule has 1 aromatic heterocycles. The maximum absolute atomic E-state index is 9.68. The molecule has 0 fully saturated rings. The van der Waals surface area contributed by atoms with Gasteiger partial charge in [-0.2, -0.15) is 5.10 Å². The highest BCUT2D eigenvalue weighted by molar-refractivity contribution is 5.36. The molecular formula is C6H8N2O2. The standard InChI is InChI=1S/C6H8N2O2/c9-6-10-5-4-8-3-1-2-7-8/h1-3,6H,4-5H2. The number of rotatable bonds is 4. The van der Waals surface area contributed by atoms with Crippen LogP contribution in [0.25, 0.3) is 0 Å². The third-order valence-electron chi connectivity index (χ3n) is 1.07.